The van der Waals surface area contributed by atoms with Crippen molar-refractivity contribution in [2.45, 2.75) is 32.2 Å². The van der Waals surface area contributed by atoms with E-state index in [-0.39, 0.29) is 5.91 Å². The Hall–Kier alpha value is -1.92. The summed E-state index contributed by atoms with van der Waals surface area (Å²) in [6.45, 7) is 2.06. The average molecular weight is 308 g/mol. The van der Waals surface area contributed by atoms with Gasteiger partial charge in [-0.25, -0.2) is 9.67 Å². The molecule has 1 amide bonds. The number of nitrogens with zero attached hydrogens (tertiary/aromatic N) is 3. The van der Waals surface area contributed by atoms with Crippen LogP contribution in [-0.2, 0) is 4.79 Å². The van der Waals surface area contributed by atoms with Crippen LogP contribution in [0.1, 0.15) is 26.2 Å². The first-order chi connectivity index (χ1) is 10.1. The van der Waals surface area contributed by atoms with Crippen LogP contribution in [0.3, 0.4) is 0 Å². The van der Waals surface area contributed by atoms with E-state index in [0.717, 1.165) is 12.8 Å². The molecule has 0 saturated carbocycles. The van der Waals surface area contributed by atoms with Crippen LogP contribution in [0.2, 0.25) is 5.02 Å². The van der Waals surface area contributed by atoms with Gasteiger partial charge in [0.2, 0.25) is 5.91 Å². The molecule has 1 heterocycles. The number of rotatable bonds is 6. The van der Waals surface area contributed by atoms with E-state index in [1.54, 1.807) is 29.2 Å². The average Bonchev–Trinajstić information content (AvgIpc) is 2.98. The van der Waals surface area contributed by atoms with Crippen molar-refractivity contribution in [1.82, 2.24) is 14.8 Å². The molecule has 0 unspecified atom stereocenters. The Morgan fingerprint density at radius 2 is 2.33 bits per heavy atom. The predicted molar refractivity (Wildman–Crippen MR) is 82.5 cm³/mol. The Balaban J connectivity index is 2.19. The van der Waals surface area contributed by atoms with Crippen molar-refractivity contribution in [2.75, 3.05) is 5.32 Å². The van der Waals surface area contributed by atoms with E-state index in [4.69, 9.17) is 17.3 Å². The Labute approximate surface area is 128 Å². The summed E-state index contributed by atoms with van der Waals surface area (Å²) < 4.78 is 1.56. The third kappa shape index (κ3) is 4.03. The highest BCUT2D eigenvalue weighted by Crippen LogP contribution is 2.24. The molecule has 0 aliphatic heterocycles. The summed E-state index contributed by atoms with van der Waals surface area (Å²) in [5.41, 5.74) is 7.13. The number of halogens is 1. The Bertz CT molecular complexity index is 599. The molecular weight excluding hydrogens is 290 g/mol. The molecule has 0 bridgehead atoms. The van der Waals surface area contributed by atoms with Gasteiger partial charge in [0.1, 0.15) is 12.7 Å². The van der Waals surface area contributed by atoms with Crippen molar-refractivity contribution in [3.05, 3.63) is 35.9 Å². The molecule has 2 aromatic rings. The van der Waals surface area contributed by atoms with E-state index in [0.29, 0.717) is 22.8 Å². The van der Waals surface area contributed by atoms with Crippen LogP contribution < -0.4 is 11.1 Å². The summed E-state index contributed by atoms with van der Waals surface area (Å²) in [7, 11) is 0. The minimum absolute atomic E-state index is 0.230. The van der Waals surface area contributed by atoms with E-state index >= 15 is 0 Å². The molecule has 3 N–H and O–H groups in total. The molecule has 0 saturated heterocycles. The quantitative estimate of drug-likeness (QED) is 0.858. The van der Waals surface area contributed by atoms with Gasteiger partial charge in [0.15, 0.2) is 0 Å². The standard InChI is InChI=1S/C14H18ClN5O/c1-2-3-4-11(16)14(21)19-12-7-10(15)5-6-13(12)20-9-17-8-18-20/h5-9,11H,2-4,16H2,1H3,(H,19,21)/t11-/m0/s1. The monoisotopic (exact) mass is 307 g/mol. The molecule has 6 nitrogen and oxygen atoms in total. The number of aromatic nitrogens is 3. The third-order valence-electron chi connectivity index (χ3n) is 3.09. The van der Waals surface area contributed by atoms with Gasteiger partial charge < -0.3 is 11.1 Å². The van der Waals surface area contributed by atoms with Crippen molar-refractivity contribution >= 4 is 23.2 Å². The van der Waals surface area contributed by atoms with Crippen molar-refractivity contribution < 1.29 is 4.79 Å². The van der Waals surface area contributed by atoms with Crippen molar-refractivity contribution in [3.63, 3.8) is 0 Å². The predicted octanol–water partition coefficient (Wildman–Crippen LogP) is 2.38. The molecule has 0 radical (unpaired) electrons. The molecule has 7 heteroatoms. The highest BCUT2D eigenvalue weighted by Gasteiger charge is 2.15. The molecular formula is C14H18ClN5O. The lowest BCUT2D eigenvalue weighted by molar-refractivity contribution is -0.117. The number of nitrogens with one attached hydrogen (secondary N) is 1. The van der Waals surface area contributed by atoms with Gasteiger partial charge in [-0.3, -0.25) is 4.79 Å². The Morgan fingerprint density at radius 3 is 3.00 bits per heavy atom. The lowest BCUT2D eigenvalue weighted by Crippen LogP contribution is -2.35. The van der Waals surface area contributed by atoms with Crippen LogP contribution in [-0.4, -0.2) is 26.7 Å². The Kier molecular flexibility index (Phi) is 5.30. The van der Waals surface area contributed by atoms with Crippen LogP contribution in [0.25, 0.3) is 5.69 Å². The van der Waals surface area contributed by atoms with Gasteiger partial charge in [0.05, 0.1) is 17.4 Å². The van der Waals surface area contributed by atoms with Crippen molar-refractivity contribution in [1.29, 1.82) is 0 Å². The molecule has 1 atom stereocenters. The van der Waals surface area contributed by atoms with Gasteiger partial charge in [0, 0.05) is 5.02 Å². The summed E-state index contributed by atoms with van der Waals surface area (Å²) in [6.07, 6.45) is 5.55. The van der Waals surface area contributed by atoms with Crippen molar-refractivity contribution in [3.8, 4) is 5.69 Å². The topological polar surface area (TPSA) is 85.8 Å². The second-order valence-corrected chi connectivity index (χ2v) is 5.18. The number of hydrogen-bond acceptors (Lipinski definition) is 4. The molecule has 0 spiro atoms. The highest BCUT2D eigenvalue weighted by atomic mass is 35.5. The molecule has 0 fully saturated rings. The first kappa shape index (κ1) is 15.5. The van der Waals surface area contributed by atoms with E-state index in [9.17, 15) is 4.79 Å². The molecule has 0 aliphatic rings. The summed E-state index contributed by atoms with van der Waals surface area (Å²) >= 11 is 6.00. The second-order valence-electron chi connectivity index (χ2n) is 4.74. The van der Waals surface area contributed by atoms with E-state index < -0.39 is 6.04 Å². The van der Waals surface area contributed by atoms with E-state index in [2.05, 4.69) is 22.3 Å². The van der Waals surface area contributed by atoms with Crippen LogP contribution >= 0.6 is 11.6 Å². The normalized spacial score (nSPS) is 12.1. The van der Waals surface area contributed by atoms with Crippen LogP contribution in [0.15, 0.2) is 30.9 Å². The molecule has 1 aromatic heterocycles. The lowest BCUT2D eigenvalue weighted by Gasteiger charge is -2.15. The maximum atomic E-state index is 12.1. The maximum absolute atomic E-state index is 12.1. The van der Waals surface area contributed by atoms with Gasteiger partial charge in [0.25, 0.3) is 0 Å². The SMILES string of the molecule is CCCC[C@H](N)C(=O)Nc1cc(Cl)ccc1-n1cncn1. The first-order valence-corrected chi connectivity index (χ1v) is 7.20. The first-order valence-electron chi connectivity index (χ1n) is 6.82. The van der Waals surface area contributed by atoms with Gasteiger partial charge in [-0.1, -0.05) is 31.4 Å². The van der Waals surface area contributed by atoms with Crippen molar-refractivity contribution in [2.24, 2.45) is 5.73 Å². The van der Waals surface area contributed by atoms with Crippen LogP contribution in [0.4, 0.5) is 5.69 Å². The van der Waals surface area contributed by atoms with E-state index in [1.807, 2.05) is 0 Å². The molecule has 1 aromatic carbocycles. The fraction of sp³-hybridized carbons (Fsp3) is 0.357. The highest BCUT2D eigenvalue weighted by molar-refractivity contribution is 6.31. The van der Waals surface area contributed by atoms with Gasteiger partial charge in [-0.15, -0.1) is 0 Å². The zero-order valence-electron chi connectivity index (χ0n) is 11.8. The fourth-order valence-corrected chi connectivity index (χ4v) is 2.09. The largest absolute Gasteiger partial charge is 0.323 e. The Morgan fingerprint density at radius 1 is 1.52 bits per heavy atom. The summed E-state index contributed by atoms with van der Waals surface area (Å²) in [6, 6.07) is 4.63. The summed E-state index contributed by atoms with van der Waals surface area (Å²) in [5.74, 6) is -0.230. The van der Waals surface area contributed by atoms with Crippen LogP contribution in [0, 0.1) is 0 Å². The zero-order valence-corrected chi connectivity index (χ0v) is 12.5. The number of amides is 1. The third-order valence-corrected chi connectivity index (χ3v) is 3.32. The minimum atomic E-state index is -0.535. The number of carbonyl (C=O) groups is 1. The summed E-state index contributed by atoms with van der Waals surface area (Å²) in [5, 5.41) is 7.39. The molecule has 0 aliphatic carbocycles. The van der Waals surface area contributed by atoms with Gasteiger partial charge in [-0.05, 0) is 24.6 Å². The molecule has 2 rings (SSSR count). The summed E-state index contributed by atoms with van der Waals surface area (Å²) in [4.78, 5) is 16.0. The number of benzene rings is 1. The fourth-order valence-electron chi connectivity index (χ4n) is 1.92. The zero-order chi connectivity index (χ0) is 15.2. The number of carbonyl (C=O) groups excluding carboxylic acids is 1. The molecule has 112 valence electrons. The van der Waals surface area contributed by atoms with E-state index in [1.165, 1.54) is 6.33 Å². The molecule has 21 heavy (non-hydrogen) atoms. The van der Waals surface area contributed by atoms with Crippen LogP contribution in [0.5, 0.6) is 0 Å². The lowest BCUT2D eigenvalue weighted by atomic mass is 10.1. The smallest absolute Gasteiger partial charge is 0.241 e. The number of anilines is 1. The maximum Gasteiger partial charge on any atom is 0.241 e. The second kappa shape index (κ2) is 7.19. The van der Waals surface area contributed by atoms with Gasteiger partial charge in [-0.2, -0.15) is 5.10 Å². The number of hydrogen-bond donors (Lipinski definition) is 2. The number of unbranched alkanes of at least 4 members (excludes halogenated alkanes) is 1. The van der Waals surface area contributed by atoms with Gasteiger partial charge >= 0.3 is 0 Å². The minimum Gasteiger partial charge on any atom is -0.323 e. The number of nitrogens with two attached hydrogens (primary N) is 1.